The van der Waals surface area contributed by atoms with Gasteiger partial charge in [-0.1, -0.05) is 60.5 Å². The molecule has 5 nitrogen and oxygen atoms in total. The molecule has 0 atom stereocenters. The van der Waals surface area contributed by atoms with Crippen LogP contribution in [-0.2, 0) is 4.74 Å². The maximum atomic E-state index is 5.77. The molecule has 0 spiro atoms. The predicted octanol–water partition coefficient (Wildman–Crippen LogP) is 8.12. The van der Waals surface area contributed by atoms with Gasteiger partial charge in [-0.2, -0.15) is 0 Å². The molecule has 1 aromatic carbocycles. The van der Waals surface area contributed by atoms with Crippen LogP contribution in [0, 0.1) is 5.41 Å². The maximum Gasteiger partial charge on any atom is 0.0884 e. The van der Waals surface area contributed by atoms with Crippen molar-refractivity contribution in [1.29, 1.82) is 0 Å². The van der Waals surface area contributed by atoms with Gasteiger partial charge in [0.2, 0.25) is 0 Å². The van der Waals surface area contributed by atoms with Crippen molar-refractivity contribution in [3.05, 3.63) is 53.6 Å². The van der Waals surface area contributed by atoms with E-state index in [2.05, 4.69) is 94.2 Å². The first-order valence-corrected chi connectivity index (χ1v) is 13.3. The van der Waals surface area contributed by atoms with Crippen LogP contribution in [-0.4, -0.2) is 40.1 Å². The van der Waals surface area contributed by atoms with Crippen LogP contribution >= 0.6 is 11.9 Å². The highest BCUT2D eigenvalue weighted by Crippen LogP contribution is 2.39. The summed E-state index contributed by atoms with van der Waals surface area (Å²) in [5, 5.41) is 0. The molecule has 0 fully saturated rings. The molecule has 1 aromatic rings. The van der Waals surface area contributed by atoms with Gasteiger partial charge < -0.3 is 19.7 Å². The number of fused-ring (bicyclic) bond motifs is 1. The number of hydrogen-bond donors (Lipinski definition) is 1. The topological polar surface area (TPSA) is 54.1 Å². The number of nitrogens with two attached hydrogens (primary N) is 1. The smallest absolute Gasteiger partial charge is 0.0884 e. The van der Waals surface area contributed by atoms with Crippen molar-refractivity contribution in [3.63, 3.8) is 0 Å². The minimum absolute atomic E-state index is 0.0680. The van der Waals surface area contributed by atoms with Crippen LogP contribution in [0.1, 0.15) is 67.7 Å². The highest BCUT2D eigenvalue weighted by molar-refractivity contribution is 8.04. The van der Waals surface area contributed by atoms with Crippen LogP contribution in [0.3, 0.4) is 0 Å². The molecule has 0 bridgehead atoms. The Morgan fingerprint density at radius 3 is 2.26 bits per heavy atom. The Bertz CT molecular complexity index is 851. The Morgan fingerprint density at radius 2 is 1.80 bits per heavy atom. The summed E-state index contributed by atoms with van der Waals surface area (Å²) in [6, 6.07) is 6.52. The fraction of sp³-hybridized carbons (Fsp3) is 0.552. The Balaban J connectivity index is 0.00000126. The molecule has 0 amide bonds. The Morgan fingerprint density at radius 1 is 1.20 bits per heavy atom. The summed E-state index contributed by atoms with van der Waals surface area (Å²) in [6.07, 6.45) is 9.60. The first kappa shape index (κ1) is 32.8. The first-order valence-electron chi connectivity index (χ1n) is 12.5. The van der Waals surface area contributed by atoms with Gasteiger partial charge in [0.1, 0.15) is 0 Å². The van der Waals surface area contributed by atoms with E-state index in [9.17, 15) is 0 Å². The largest absolute Gasteiger partial charge is 0.399 e. The quantitative estimate of drug-likeness (QED) is 0.287. The SMILES string of the molecule is C=C/C(N)=C\C=C(/C)SN(C)c1ccc2c(c1)N=C(C(C)(C)C)CN2CC.CCCCC.COC. The molecule has 2 N–H and O–H groups in total. The number of benzene rings is 1. The van der Waals surface area contributed by atoms with Crippen molar-refractivity contribution in [2.75, 3.05) is 43.6 Å². The molecule has 0 saturated heterocycles. The third-order valence-electron chi connectivity index (χ3n) is 5.24. The van der Waals surface area contributed by atoms with Gasteiger partial charge in [0.05, 0.1) is 17.9 Å². The van der Waals surface area contributed by atoms with Crippen molar-refractivity contribution in [2.24, 2.45) is 16.1 Å². The summed E-state index contributed by atoms with van der Waals surface area (Å²) in [6.45, 7) is 20.9. The average molecular weight is 503 g/mol. The van der Waals surface area contributed by atoms with Gasteiger partial charge in [0.25, 0.3) is 0 Å². The van der Waals surface area contributed by atoms with E-state index in [1.807, 2.05) is 12.2 Å². The summed E-state index contributed by atoms with van der Waals surface area (Å²) in [4.78, 5) is 8.54. The molecule has 0 radical (unpaired) electrons. The fourth-order valence-corrected chi connectivity index (χ4v) is 3.91. The van der Waals surface area contributed by atoms with E-state index < -0.39 is 0 Å². The first-order chi connectivity index (χ1) is 16.5. The van der Waals surface area contributed by atoms with E-state index in [1.165, 1.54) is 30.7 Å². The minimum Gasteiger partial charge on any atom is -0.399 e. The highest BCUT2D eigenvalue weighted by atomic mass is 32.2. The van der Waals surface area contributed by atoms with Gasteiger partial charge in [-0.3, -0.25) is 4.99 Å². The molecular formula is C29H50N4OS. The van der Waals surface area contributed by atoms with Gasteiger partial charge in [-0.05, 0) is 62.2 Å². The van der Waals surface area contributed by atoms with Crippen LogP contribution < -0.4 is 14.9 Å². The molecule has 1 heterocycles. The van der Waals surface area contributed by atoms with Gasteiger partial charge in [0.15, 0.2) is 0 Å². The zero-order valence-electron chi connectivity index (χ0n) is 23.9. The lowest BCUT2D eigenvalue weighted by Crippen LogP contribution is -2.38. The van der Waals surface area contributed by atoms with Crippen molar-refractivity contribution in [1.82, 2.24) is 0 Å². The second-order valence-electron chi connectivity index (χ2n) is 9.49. The summed E-state index contributed by atoms with van der Waals surface area (Å²) >= 11 is 1.67. The molecule has 0 saturated carbocycles. The maximum absolute atomic E-state index is 5.77. The number of nitrogens with zero attached hydrogens (tertiary/aromatic N) is 3. The molecular weight excluding hydrogens is 452 g/mol. The summed E-state index contributed by atoms with van der Waals surface area (Å²) in [5.41, 5.74) is 11.1. The average Bonchev–Trinajstić information content (AvgIpc) is 2.82. The van der Waals surface area contributed by atoms with Crippen molar-refractivity contribution in [3.8, 4) is 0 Å². The molecule has 0 aliphatic carbocycles. The lowest BCUT2D eigenvalue weighted by molar-refractivity contribution is 0.277. The third kappa shape index (κ3) is 12.4. The monoisotopic (exact) mass is 502 g/mol. The second kappa shape index (κ2) is 17.3. The fourth-order valence-electron chi connectivity index (χ4n) is 3.13. The molecule has 0 aromatic heterocycles. The van der Waals surface area contributed by atoms with Gasteiger partial charge in [-0.15, -0.1) is 0 Å². The molecule has 1 aliphatic heterocycles. The van der Waals surface area contributed by atoms with E-state index in [-0.39, 0.29) is 5.41 Å². The zero-order chi connectivity index (χ0) is 27.0. The second-order valence-corrected chi connectivity index (χ2v) is 10.9. The Kier molecular flexibility index (Phi) is 16.2. The third-order valence-corrected chi connectivity index (χ3v) is 6.15. The standard InChI is InChI=1S/C22H32N4S.C5H12.C2H6O/c1-8-17(23)11-10-16(3)27-25(7)18-12-13-20-19(14-18)24-21(22(4,5)6)15-26(20)9-2;1-3-5-4-2;1-3-2/h8,10-14H,1,9,15,23H2,2-7H3;3-5H2,1-2H3;1-2H3/b16-10+,17-11+;;. The minimum atomic E-state index is 0.0680. The van der Waals surface area contributed by atoms with E-state index in [1.54, 1.807) is 32.2 Å². The van der Waals surface area contributed by atoms with E-state index in [4.69, 9.17) is 10.7 Å². The number of aliphatic imine (C=N–C) groups is 1. The highest BCUT2D eigenvalue weighted by Gasteiger charge is 2.26. The normalized spacial score (nSPS) is 13.5. The Labute approximate surface area is 220 Å². The molecule has 0 unspecified atom stereocenters. The number of allylic oxidation sites excluding steroid dienone is 4. The number of ether oxygens (including phenoxy) is 1. The summed E-state index contributed by atoms with van der Waals surface area (Å²) in [7, 11) is 5.32. The van der Waals surface area contributed by atoms with E-state index in [0.717, 1.165) is 29.4 Å². The number of rotatable bonds is 8. The van der Waals surface area contributed by atoms with Crippen LogP contribution in [0.25, 0.3) is 0 Å². The summed E-state index contributed by atoms with van der Waals surface area (Å²) in [5.74, 6) is 0. The lowest BCUT2D eigenvalue weighted by Gasteiger charge is -2.34. The molecule has 1 aliphatic rings. The molecule has 2 rings (SSSR count). The number of anilines is 2. The van der Waals surface area contributed by atoms with Crippen molar-refractivity contribution in [2.45, 2.75) is 67.7 Å². The van der Waals surface area contributed by atoms with Crippen LogP contribution in [0.5, 0.6) is 0 Å². The van der Waals surface area contributed by atoms with E-state index >= 15 is 0 Å². The lowest BCUT2D eigenvalue weighted by atomic mass is 9.88. The molecule has 198 valence electrons. The van der Waals surface area contributed by atoms with E-state index in [0.29, 0.717) is 5.70 Å². The molecule has 35 heavy (non-hydrogen) atoms. The zero-order valence-corrected chi connectivity index (χ0v) is 24.8. The predicted molar refractivity (Wildman–Crippen MR) is 161 cm³/mol. The summed E-state index contributed by atoms with van der Waals surface area (Å²) < 4.78 is 6.40. The van der Waals surface area contributed by atoms with Gasteiger partial charge in [-0.25, -0.2) is 0 Å². The van der Waals surface area contributed by atoms with Crippen LogP contribution in [0.2, 0.25) is 0 Å². The number of unbranched alkanes of at least 4 members (excludes halogenated alkanes) is 2. The van der Waals surface area contributed by atoms with Gasteiger partial charge >= 0.3 is 0 Å². The molecule has 6 heteroatoms. The Hall–Kier alpha value is -2.18. The van der Waals surface area contributed by atoms with Crippen LogP contribution in [0.4, 0.5) is 17.1 Å². The van der Waals surface area contributed by atoms with Crippen molar-refractivity contribution >= 4 is 34.7 Å². The van der Waals surface area contributed by atoms with Crippen LogP contribution in [0.15, 0.2) is 58.6 Å². The van der Waals surface area contributed by atoms with Crippen molar-refractivity contribution < 1.29 is 4.74 Å². The number of methoxy groups -OCH3 is 1. The van der Waals surface area contributed by atoms with Gasteiger partial charge in [0, 0.05) is 55.2 Å². The number of hydrogen-bond acceptors (Lipinski definition) is 6.